The minimum Gasteiger partial charge on any atom is -0.337 e. The van der Waals surface area contributed by atoms with Gasteiger partial charge in [-0.2, -0.15) is 0 Å². The predicted molar refractivity (Wildman–Crippen MR) is 59.1 cm³/mol. The number of nitrogens with two attached hydrogens (primary N) is 1. The zero-order chi connectivity index (χ0) is 10.7. The Morgan fingerprint density at radius 1 is 1.33 bits per heavy atom. The van der Waals surface area contributed by atoms with E-state index in [4.69, 9.17) is 5.73 Å². The molecule has 2 N–H and O–H groups in total. The molecule has 1 fully saturated rings. The molecule has 1 aromatic carbocycles. The fraction of sp³-hybridized carbons (Fsp3) is 0.417. The van der Waals surface area contributed by atoms with Crippen LogP contribution in [0.1, 0.15) is 18.4 Å². The van der Waals surface area contributed by atoms with Crippen molar-refractivity contribution in [2.24, 2.45) is 5.73 Å². The number of hydrogen-bond acceptors (Lipinski definition) is 2. The molecule has 1 heterocycles. The van der Waals surface area contributed by atoms with Gasteiger partial charge < -0.3 is 10.6 Å². The molecule has 3 nitrogen and oxygen atoms in total. The van der Waals surface area contributed by atoms with E-state index in [1.165, 1.54) is 5.56 Å². The number of carbonyl (C=O) groups is 1. The number of rotatable bonds is 2. The first kappa shape index (κ1) is 10.2. The van der Waals surface area contributed by atoms with E-state index < -0.39 is 0 Å². The molecule has 1 saturated heterocycles. The summed E-state index contributed by atoms with van der Waals surface area (Å²) < 4.78 is 0. The van der Waals surface area contributed by atoms with Crippen LogP contribution in [0.15, 0.2) is 30.3 Å². The second kappa shape index (κ2) is 4.45. The van der Waals surface area contributed by atoms with Crippen LogP contribution in [0.2, 0.25) is 0 Å². The van der Waals surface area contributed by atoms with Crippen LogP contribution in [0.5, 0.6) is 0 Å². The lowest BCUT2D eigenvalue weighted by Gasteiger charge is -2.30. The zero-order valence-electron chi connectivity index (χ0n) is 8.73. The Balaban J connectivity index is 2.03. The van der Waals surface area contributed by atoms with Crippen molar-refractivity contribution in [1.29, 1.82) is 0 Å². The summed E-state index contributed by atoms with van der Waals surface area (Å²) >= 11 is 0. The molecule has 80 valence electrons. The van der Waals surface area contributed by atoms with E-state index in [2.05, 4.69) is 0 Å². The maximum Gasteiger partial charge on any atom is 0.239 e. The molecule has 1 amide bonds. The summed E-state index contributed by atoms with van der Waals surface area (Å²) in [6, 6.07) is 9.74. The monoisotopic (exact) mass is 204 g/mol. The number of carbonyl (C=O) groups excluding carboxylic acids is 1. The molecule has 0 radical (unpaired) electrons. The number of hydrogen-bond donors (Lipinski definition) is 1. The van der Waals surface area contributed by atoms with E-state index in [1.807, 2.05) is 35.2 Å². The molecule has 0 bridgehead atoms. The Labute approximate surface area is 89.9 Å². The van der Waals surface area contributed by atoms with Gasteiger partial charge in [0.1, 0.15) is 0 Å². The first-order valence-corrected chi connectivity index (χ1v) is 5.35. The van der Waals surface area contributed by atoms with E-state index in [9.17, 15) is 4.79 Å². The predicted octanol–water partition coefficient (Wildman–Crippen LogP) is 1.14. The molecular weight excluding hydrogens is 188 g/mol. The average Bonchev–Trinajstić information content (AvgIpc) is 2.26. The van der Waals surface area contributed by atoms with Gasteiger partial charge in [0.05, 0.1) is 6.04 Å². The Hall–Kier alpha value is -1.35. The molecule has 0 saturated carbocycles. The molecule has 0 aromatic heterocycles. The van der Waals surface area contributed by atoms with Crippen LogP contribution < -0.4 is 5.73 Å². The molecule has 0 spiro atoms. The van der Waals surface area contributed by atoms with Crippen molar-refractivity contribution in [3.8, 4) is 0 Å². The average molecular weight is 204 g/mol. The fourth-order valence-electron chi connectivity index (χ4n) is 1.93. The lowest BCUT2D eigenvalue weighted by Crippen LogP contribution is -2.47. The van der Waals surface area contributed by atoms with Crippen LogP contribution in [-0.2, 0) is 11.3 Å². The second-order valence-electron chi connectivity index (χ2n) is 3.99. The molecule has 1 aliphatic rings. The van der Waals surface area contributed by atoms with Gasteiger partial charge in [0, 0.05) is 13.1 Å². The summed E-state index contributed by atoms with van der Waals surface area (Å²) in [4.78, 5) is 13.6. The largest absolute Gasteiger partial charge is 0.337 e. The van der Waals surface area contributed by atoms with Gasteiger partial charge in [-0.15, -0.1) is 0 Å². The van der Waals surface area contributed by atoms with Gasteiger partial charge in [-0.1, -0.05) is 30.3 Å². The van der Waals surface area contributed by atoms with Crippen LogP contribution in [0.25, 0.3) is 0 Å². The summed E-state index contributed by atoms with van der Waals surface area (Å²) in [7, 11) is 0. The quantitative estimate of drug-likeness (QED) is 0.785. The summed E-state index contributed by atoms with van der Waals surface area (Å²) in [6.45, 7) is 1.52. The number of likely N-dealkylation sites (tertiary alicyclic amines) is 1. The van der Waals surface area contributed by atoms with E-state index in [0.717, 1.165) is 19.4 Å². The van der Waals surface area contributed by atoms with E-state index in [0.29, 0.717) is 6.54 Å². The van der Waals surface area contributed by atoms with E-state index in [1.54, 1.807) is 0 Å². The Morgan fingerprint density at radius 3 is 2.80 bits per heavy atom. The van der Waals surface area contributed by atoms with Gasteiger partial charge in [0.2, 0.25) is 5.91 Å². The molecule has 15 heavy (non-hydrogen) atoms. The van der Waals surface area contributed by atoms with Gasteiger partial charge in [-0.05, 0) is 18.4 Å². The number of benzene rings is 1. The summed E-state index contributed by atoms with van der Waals surface area (Å²) in [6.07, 6.45) is 1.84. The van der Waals surface area contributed by atoms with Gasteiger partial charge in [-0.25, -0.2) is 0 Å². The molecular formula is C12H16N2O. The standard InChI is InChI=1S/C12H16N2O/c13-11-7-4-8-14(12(11)15)9-10-5-2-1-3-6-10/h1-3,5-6,11H,4,7-9,13H2. The van der Waals surface area contributed by atoms with Crippen molar-refractivity contribution in [2.45, 2.75) is 25.4 Å². The zero-order valence-corrected chi connectivity index (χ0v) is 8.73. The molecule has 1 unspecified atom stereocenters. The third-order valence-corrected chi connectivity index (χ3v) is 2.79. The topological polar surface area (TPSA) is 46.3 Å². The summed E-state index contributed by atoms with van der Waals surface area (Å²) in [5.74, 6) is 0.0881. The van der Waals surface area contributed by atoms with E-state index >= 15 is 0 Å². The van der Waals surface area contributed by atoms with Gasteiger partial charge in [0.15, 0.2) is 0 Å². The summed E-state index contributed by atoms with van der Waals surface area (Å²) in [5, 5.41) is 0. The maximum absolute atomic E-state index is 11.7. The summed E-state index contributed by atoms with van der Waals surface area (Å²) in [5.41, 5.74) is 6.90. The van der Waals surface area contributed by atoms with Crippen molar-refractivity contribution in [3.63, 3.8) is 0 Å². The lowest BCUT2D eigenvalue weighted by molar-refractivity contribution is -0.135. The highest BCUT2D eigenvalue weighted by Gasteiger charge is 2.25. The van der Waals surface area contributed by atoms with Crippen LogP contribution in [-0.4, -0.2) is 23.4 Å². The van der Waals surface area contributed by atoms with Crippen LogP contribution in [0.3, 0.4) is 0 Å². The molecule has 2 rings (SSSR count). The lowest BCUT2D eigenvalue weighted by atomic mass is 10.0. The second-order valence-corrected chi connectivity index (χ2v) is 3.99. The highest BCUT2D eigenvalue weighted by Crippen LogP contribution is 2.13. The highest BCUT2D eigenvalue weighted by atomic mass is 16.2. The van der Waals surface area contributed by atoms with Crippen LogP contribution >= 0.6 is 0 Å². The Kier molecular flexibility index (Phi) is 3.02. The van der Waals surface area contributed by atoms with Crippen molar-refractivity contribution in [2.75, 3.05) is 6.54 Å². The number of piperidine rings is 1. The normalized spacial score (nSPS) is 21.8. The van der Waals surface area contributed by atoms with Gasteiger partial charge in [0.25, 0.3) is 0 Å². The molecule has 1 aliphatic heterocycles. The van der Waals surface area contributed by atoms with Crippen molar-refractivity contribution >= 4 is 5.91 Å². The fourth-order valence-corrected chi connectivity index (χ4v) is 1.93. The SMILES string of the molecule is NC1CCCN(Cc2ccccc2)C1=O. The van der Waals surface area contributed by atoms with Crippen molar-refractivity contribution in [1.82, 2.24) is 4.90 Å². The Bertz CT molecular complexity index is 337. The maximum atomic E-state index is 11.7. The Morgan fingerprint density at radius 2 is 2.07 bits per heavy atom. The number of nitrogens with zero attached hydrogens (tertiary/aromatic N) is 1. The minimum atomic E-state index is -0.289. The first-order valence-electron chi connectivity index (χ1n) is 5.35. The minimum absolute atomic E-state index is 0.0881. The molecule has 0 aliphatic carbocycles. The third kappa shape index (κ3) is 2.36. The molecule has 3 heteroatoms. The first-order chi connectivity index (χ1) is 7.27. The van der Waals surface area contributed by atoms with Crippen LogP contribution in [0, 0.1) is 0 Å². The van der Waals surface area contributed by atoms with Crippen molar-refractivity contribution in [3.05, 3.63) is 35.9 Å². The molecule has 1 atom stereocenters. The molecule has 1 aromatic rings. The van der Waals surface area contributed by atoms with Crippen molar-refractivity contribution < 1.29 is 4.79 Å². The van der Waals surface area contributed by atoms with Gasteiger partial charge in [-0.3, -0.25) is 4.79 Å². The van der Waals surface area contributed by atoms with Crippen LogP contribution in [0.4, 0.5) is 0 Å². The highest BCUT2D eigenvalue weighted by molar-refractivity contribution is 5.82. The smallest absolute Gasteiger partial charge is 0.239 e. The van der Waals surface area contributed by atoms with Gasteiger partial charge >= 0.3 is 0 Å². The number of amides is 1. The van der Waals surface area contributed by atoms with E-state index in [-0.39, 0.29) is 11.9 Å². The third-order valence-electron chi connectivity index (χ3n) is 2.79.